The molecule has 1 saturated heterocycles. The van der Waals surface area contributed by atoms with Gasteiger partial charge in [0.15, 0.2) is 0 Å². The maximum atomic E-state index is 9.53. The van der Waals surface area contributed by atoms with Crippen LogP contribution in [0.2, 0.25) is 0 Å². The Labute approximate surface area is 119 Å². The molecular weight excluding hydrogens is 250 g/mol. The Morgan fingerprint density at radius 2 is 1.90 bits per heavy atom. The molecular formula is C15H19N5. The van der Waals surface area contributed by atoms with Crippen LogP contribution in [0.4, 0.5) is 5.69 Å². The van der Waals surface area contributed by atoms with Crippen LogP contribution in [0.5, 0.6) is 0 Å². The van der Waals surface area contributed by atoms with Crippen molar-refractivity contribution in [2.75, 3.05) is 18.1 Å². The predicted molar refractivity (Wildman–Crippen MR) is 77.0 cm³/mol. The van der Waals surface area contributed by atoms with Crippen molar-refractivity contribution in [2.24, 2.45) is 10.3 Å². The van der Waals surface area contributed by atoms with E-state index in [9.17, 15) is 5.26 Å². The second kappa shape index (κ2) is 5.22. The highest BCUT2D eigenvalue weighted by molar-refractivity contribution is 5.48. The average Bonchev–Trinajstić information content (AvgIpc) is 2.87. The molecule has 1 aromatic rings. The van der Waals surface area contributed by atoms with Gasteiger partial charge in [-0.25, -0.2) is 5.01 Å². The minimum absolute atomic E-state index is 0.102. The van der Waals surface area contributed by atoms with Crippen LogP contribution in [0.1, 0.15) is 26.2 Å². The monoisotopic (exact) mass is 269 g/mol. The molecule has 1 fully saturated rings. The van der Waals surface area contributed by atoms with Gasteiger partial charge >= 0.3 is 0 Å². The summed E-state index contributed by atoms with van der Waals surface area (Å²) in [6.07, 6.45) is 3.53. The lowest BCUT2D eigenvalue weighted by Crippen LogP contribution is -2.56. The lowest BCUT2D eigenvalue weighted by atomic mass is 9.97. The van der Waals surface area contributed by atoms with E-state index in [1.165, 1.54) is 19.3 Å². The van der Waals surface area contributed by atoms with E-state index in [1.54, 1.807) is 0 Å². The third-order valence-corrected chi connectivity index (χ3v) is 4.07. The second-order valence-electron chi connectivity index (χ2n) is 5.60. The fourth-order valence-corrected chi connectivity index (χ4v) is 3.01. The standard InChI is InChI=1S/C15H19N5/c1-15(12-16)14(19-10-6-3-7-11-19)20(18-17-15)13-8-4-2-5-9-13/h2,4-5,8-9,14H,3,6-7,10-11H2,1H3/t14-,15+/m0/s1. The molecule has 2 aliphatic rings. The molecule has 0 aliphatic carbocycles. The van der Waals surface area contributed by atoms with Crippen LogP contribution in [0.25, 0.3) is 0 Å². The predicted octanol–water partition coefficient (Wildman–Crippen LogP) is 2.97. The maximum Gasteiger partial charge on any atom is 0.202 e. The van der Waals surface area contributed by atoms with Crippen LogP contribution in [-0.2, 0) is 0 Å². The van der Waals surface area contributed by atoms with Gasteiger partial charge in [-0.1, -0.05) is 29.8 Å². The molecule has 0 amide bonds. The Kier molecular flexibility index (Phi) is 3.41. The van der Waals surface area contributed by atoms with E-state index in [1.807, 2.05) is 42.3 Å². The largest absolute Gasteiger partial charge is 0.279 e. The van der Waals surface area contributed by atoms with E-state index in [2.05, 4.69) is 21.3 Å². The highest BCUT2D eigenvalue weighted by Gasteiger charge is 2.48. The number of piperidine rings is 1. The molecule has 5 nitrogen and oxygen atoms in total. The normalized spacial score (nSPS) is 30.4. The number of para-hydroxylation sites is 1. The van der Waals surface area contributed by atoms with Crippen molar-refractivity contribution in [3.63, 3.8) is 0 Å². The summed E-state index contributed by atoms with van der Waals surface area (Å²) in [5, 5.41) is 20.0. The molecule has 0 aromatic heterocycles. The smallest absolute Gasteiger partial charge is 0.202 e. The third-order valence-electron chi connectivity index (χ3n) is 4.07. The number of rotatable bonds is 2. The van der Waals surface area contributed by atoms with Crippen molar-refractivity contribution >= 4 is 5.69 Å². The van der Waals surface area contributed by atoms with Crippen molar-refractivity contribution in [1.82, 2.24) is 4.90 Å². The minimum Gasteiger partial charge on any atom is -0.279 e. The molecule has 3 rings (SSSR count). The van der Waals surface area contributed by atoms with Gasteiger partial charge < -0.3 is 0 Å². The van der Waals surface area contributed by atoms with Crippen molar-refractivity contribution in [3.8, 4) is 6.07 Å². The van der Waals surface area contributed by atoms with Crippen LogP contribution in [0, 0.1) is 11.3 Å². The number of nitrogens with zero attached hydrogens (tertiary/aromatic N) is 5. The molecule has 104 valence electrons. The molecule has 20 heavy (non-hydrogen) atoms. The Morgan fingerprint density at radius 3 is 2.55 bits per heavy atom. The highest BCUT2D eigenvalue weighted by Crippen LogP contribution is 2.35. The quantitative estimate of drug-likeness (QED) is 0.829. The van der Waals surface area contributed by atoms with Crippen molar-refractivity contribution in [3.05, 3.63) is 30.3 Å². The molecule has 2 aliphatic heterocycles. The fraction of sp³-hybridized carbons (Fsp3) is 0.533. The fourth-order valence-electron chi connectivity index (χ4n) is 3.01. The van der Waals surface area contributed by atoms with Crippen LogP contribution in [0.3, 0.4) is 0 Å². The summed E-state index contributed by atoms with van der Waals surface area (Å²) in [5.74, 6) is 0. The van der Waals surface area contributed by atoms with Crippen molar-refractivity contribution in [2.45, 2.75) is 37.9 Å². The second-order valence-corrected chi connectivity index (χ2v) is 5.60. The van der Waals surface area contributed by atoms with Crippen LogP contribution >= 0.6 is 0 Å². The van der Waals surface area contributed by atoms with Gasteiger partial charge in [-0.2, -0.15) is 5.26 Å². The summed E-state index contributed by atoms with van der Waals surface area (Å²) in [5.41, 5.74) is 0.193. The SMILES string of the molecule is C[C@]1(C#N)N=NN(c2ccccc2)[C@@H]1N1CCCCC1. The molecule has 5 heteroatoms. The first-order valence-corrected chi connectivity index (χ1v) is 7.17. The number of likely N-dealkylation sites (tertiary alicyclic amines) is 1. The van der Waals surface area contributed by atoms with Gasteiger partial charge in [0.05, 0.1) is 11.8 Å². The first-order chi connectivity index (χ1) is 9.74. The van der Waals surface area contributed by atoms with E-state index in [4.69, 9.17) is 0 Å². The highest BCUT2D eigenvalue weighted by atomic mass is 15.7. The molecule has 0 saturated carbocycles. The van der Waals surface area contributed by atoms with Gasteiger partial charge in [0.1, 0.15) is 6.17 Å². The first-order valence-electron chi connectivity index (χ1n) is 7.17. The lowest BCUT2D eigenvalue weighted by molar-refractivity contribution is 0.137. The Balaban J connectivity index is 1.93. The van der Waals surface area contributed by atoms with E-state index in [0.717, 1.165) is 18.8 Å². The molecule has 1 aromatic carbocycles. The molecule has 0 radical (unpaired) electrons. The average molecular weight is 269 g/mol. The number of hydrogen-bond donors (Lipinski definition) is 0. The summed E-state index contributed by atoms with van der Waals surface area (Å²) in [6, 6.07) is 12.3. The Hall–Kier alpha value is -1.93. The zero-order valence-electron chi connectivity index (χ0n) is 11.7. The summed E-state index contributed by atoms with van der Waals surface area (Å²) in [4.78, 5) is 2.35. The van der Waals surface area contributed by atoms with Crippen molar-refractivity contribution in [1.29, 1.82) is 5.26 Å². The summed E-state index contributed by atoms with van der Waals surface area (Å²) in [6.45, 7) is 3.89. The zero-order valence-corrected chi connectivity index (χ0v) is 11.7. The topological polar surface area (TPSA) is 55.0 Å². The van der Waals surface area contributed by atoms with Crippen LogP contribution in [-0.4, -0.2) is 29.7 Å². The molecule has 0 spiro atoms. The van der Waals surface area contributed by atoms with Crippen LogP contribution in [0.15, 0.2) is 40.7 Å². The van der Waals surface area contributed by atoms with Crippen LogP contribution < -0.4 is 5.01 Å². The van der Waals surface area contributed by atoms with Gasteiger partial charge in [0.2, 0.25) is 5.54 Å². The first kappa shape index (κ1) is 13.1. The van der Waals surface area contributed by atoms with Gasteiger partial charge in [-0.15, -0.1) is 5.11 Å². The van der Waals surface area contributed by atoms with Gasteiger partial charge in [0.25, 0.3) is 0 Å². The van der Waals surface area contributed by atoms with Gasteiger partial charge in [0, 0.05) is 13.1 Å². The maximum absolute atomic E-state index is 9.53. The molecule has 2 heterocycles. The van der Waals surface area contributed by atoms with E-state index in [0.29, 0.717) is 0 Å². The molecule has 2 atom stereocenters. The number of anilines is 1. The number of nitriles is 1. The number of hydrogen-bond acceptors (Lipinski definition) is 5. The van der Waals surface area contributed by atoms with E-state index >= 15 is 0 Å². The summed E-state index contributed by atoms with van der Waals surface area (Å²) >= 11 is 0. The van der Waals surface area contributed by atoms with E-state index in [-0.39, 0.29) is 6.17 Å². The molecule has 0 unspecified atom stereocenters. The van der Waals surface area contributed by atoms with Gasteiger partial charge in [-0.3, -0.25) is 4.90 Å². The van der Waals surface area contributed by atoms with Gasteiger partial charge in [-0.05, 0) is 31.9 Å². The zero-order chi connectivity index (χ0) is 14.0. The summed E-state index contributed by atoms with van der Waals surface area (Å²) < 4.78 is 0. The summed E-state index contributed by atoms with van der Waals surface area (Å²) in [7, 11) is 0. The van der Waals surface area contributed by atoms with E-state index < -0.39 is 5.54 Å². The minimum atomic E-state index is -0.798. The van der Waals surface area contributed by atoms with Crippen molar-refractivity contribution < 1.29 is 0 Å². The molecule has 0 N–H and O–H groups in total. The molecule has 0 bridgehead atoms. The Bertz CT molecular complexity index is 529. The third kappa shape index (κ3) is 2.16. The number of benzene rings is 1. The lowest BCUT2D eigenvalue weighted by Gasteiger charge is -2.39. The Morgan fingerprint density at radius 1 is 1.20 bits per heavy atom.